The Morgan fingerprint density at radius 2 is 2.02 bits per heavy atom. The maximum atomic E-state index is 13.9. The van der Waals surface area contributed by atoms with Crippen molar-refractivity contribution in [3.8, 4) is 17.6 Å². The molecule has 0 saturated heterocycles. The van der Waals surface area contributed by atoms with Crippen molar-refractivity contribution in [2.75, 3.05) is 11.9 Å². The Morgan fingerprint density at radius 1 is 1.21 bits per heavy atom. The molecule has 0 spiro atoms. The lowest BCUT2D eigenvalue weighted by molar-refractivity contribution is -0.138. The number of imidazole rings is 1. The fourth-order valence-electron chi connectivity index (χ4n) is 5.09. The maximum absolute atomic E-state index is 13.9. The van der Waals surface area contributed by atoms with Crippen molar-refractivity contribution in [3.63, 3.8) is 0 Å². The highest BCUT2D eigenvalue weighted by Crippen LogP contribution is 2.37. The molecule has 1 fully saturated rings. The number of nitrogens with zero attached hydrogens (tertiary/aromatic N) is 7. The Balaban J connectivity index is 1.33. The molecular formula is C29H27F3N8O3. The Hall–Kier alpha value is -4.90. The lowest BCUT2D eigenvalue weighted by atomic mass is 9.88. The smallest absolute Gasteiger partial charge is 0.417 e. The first-order valence-electron chi connectivity index (χ1n) is 13.8. The molecule has 14 heteroatoms. The van der Waals surface area contributed by atoms with Crippen molar-refractivity contribution in [2.24, 2.45) is 7.05 Å². The largest absolute Gasteiger partial charge is 0.450 e. The van der Waals surface area contributed by atoms with E-state index in [2.05, 4.69) is 26.5 Å². The standard InChI is InChI=1S/C29H27F3N8O3/c1-3-4-9-42-19-11-18(12-19)39-16-17(29(30,31)32)10-21(27(39)41)36-28-37-26-25(38(28)2)20(13-33)23(14-34-26)43-24-15-35-40-8-6-5-7-22(24)40/h5-8,10,14-16,18-19H,3-4,9,11-12H2,1-2H3,(H,34,36,37). The van der Waals surface area contributed by atoms with Crippen LogP contribution in [-0.4, -0.2) is 41.4 Å². The molecule has 0 radical (unpaired) electrons. The van der Waals surface area contributed by atoms with Crippen LogP contribution >= 0.6 is 0 Å². The summed E-state index contributed by atoms with van der Waals surface area (Å²) < 4.78 is 57.6. The second-order valence-corrected chi connectivity index (χ2v) is 10.4. The molecule has 1 N–H and O–H groups in total. The summed E-state index contributed by atoms with van der Waals surface area (Å²) in [5.41, 5.74) is -0.695. The molecule has 6 rings (SSSR count). The fraction of sp³-hybridized carbons (Fsp3) is 0.345. The predicted octanol–water partition coefficient (Wildman–Crippen LogP) is 5.72. The Labute approximate surface area is 243 Å². The van der Waals surface area contributed by atoms with Crippen molar-refractivity contribution >= 4 is 28.3 Å². The molecule has 1 saturated carbocycles. The van der Waals surface area contributed by atoms with Gasteiger partial charge in [0, 0.05) is 32.1 Å². The van der Waals surface area contributed by atoms with Gasteiger partial charge in [0.25, 0.3) is 5.56 Å². The number of ether oxygens (including phenoxy) is 2. The number of aryl methyl sites for hydroxylation is 1. The van der Waals surface area contributed by atoms with Gasteiger partial charge in [-0.15, -0.1) is 0 Å². The van der Waals surface area contributed by atoms with Crippen LogP contribution in [0.2, 0.25) is 0 Å². The lowest BCUT2D eigenvalue weighted by Gasteiger charge is -2.36. The molecule has 5 aromatic rings. The molecule has 0 aromatic carbocycles. The van der Waals surface area contributed by atoms with E-state index in [0.717, 1.165) is 29.7 Å². The minimum atomic E-state index is -4.68. The number of aromatic nitrogens is 6. The van der Waals surface area contributed by atoms with E-state index in [1.807, 2.05) is 19.1 Å². The first-order chi connectivity index (χ1) is 20.7. The number of halogens is 3. The Kier molecular flexibility index (Phi) is 7.26. The summed E-state index contributed by atoms with van der Waals surface area (Å²) in [6, 6.07) is 7.90. The fourth-order valence-corrected chi connectivity index (χ4v) is 5.09. The molecule has 5 aromatic heterocycles. The normalized spacial score (nSPS) is 16.7. The van der Waals surface area contributed by atoms with Crippen LogP contribution in [0.1, 0.15) is 49.8 Å². The predicted molar refractivity (Wildman–Crippen MR) is 150 cm³/mol. The van der Waals surface area contributed by atoms with Crippen LogP contribution in [0.5, 0.6) is 11.5 Å². The minimum Gasteiger partial charge on any atom is -0.450 e. The molecule has 43 heavy (non-hydrogen) atoms. The highest BCUT2D eigenvalue weighted by Gasteiger charge is 2.36. The number of rotatable bonds is 9. The van der Waals surface area contributed by atoms with E-state index in [4.69, 9.17) is 9.47 Å². The van der Waals surface area contributed by atoms with Gasteiger partial charge in [0.2, 0.25) is 5.95 Å². The summed E-state index contributed by atoms with van der Waals surface area (Å²) in [5, 5.41) is 17.0. The second-order valence-electron chi connectivity index (χ2n) is 10.4. The van der Waals surface area contributed by atoms with Gasteiger partial charge in [0.1, 0.15) is 28.4 Å². The van der Waals surface area contributed by atoms with Gasteiger partial charge in [0.15, 0.2) is 17.1 Å². The van der Waals surface area contributed by atoms with Crippen molar-refractivity contribution in [1.29, 1.82) is 5.26 Å². The van der Waals surface area contributed by atoms with Gasteiger partial charge in [0.05, 0.1) is 24.1 Å². The van der Waals surface area contributed by atoms with Crippen LogP contribution < -0.4 is 15.6 Å². The number of nitrogens with one attached hydrogen (secondary N) is 1. The highest BCUT2D eigenvalue weighted by molar-refractivity contribution is 5.84. The van der Waals surface area contributed by atoms with Crippen LogP contribution in [0.3, 0.4) is 0 Å². The number of hydrogen-bond acceptors (Lipinski definition) is 8. The average Bonchev–Trinajstić information content (AvgIpc) is 3.51. The van der Waals surface area contributed by atoms with E-state index in [0.29, 0.717) is 30.7 Å². The van der Waals surface area contributed by atoms with Crippen LogP contribution in [0.25, 0.3) is 16.7 Å². The SMILES string of the molecule is CCCCOC1CC(n2cc(C(F)(F)F)cc(Nc3nc4ncc(Oc5cnn6ccccc56)c(C#N)c4n3C)c2=O)C1. The van der Waals surface area contributed by atoms with Gasteiger partial charge in [-0.1, -0.05) is 19.4 Å². The summed E-state index contributed by atoms with van der Waals surface area (Å²) >= 11 is 0. The zero-order valence-corrected chi connectivity index (χ0v) is 23.3. The number of unbranched alkanes of at least 4 members (excludes halogenated alkanes) is 1. The van der Waals surface area contributed by atoms with Crippen LogP contribution in [0, 0.1) is 11.3 Å². The second kappa shape index (κ2) is 11.1. The molecule has 11 nitrogen and oxygen atoms in total. The summed E-state index contributed by atoms with van der Waals surface area (Å²) in [6.07, 6.45) is 3.45. The zero-order chi connectivity index (χ0) is 30.3. The van der Waals surface area contributed by atoms with E-state index < -0.39 is 23.3 Å². The molecule has 0 amide bonds. The molecule has 5 heterocycles. The number of hydrogen-bond donors (Lipinski definition) is 1. The number of alkyl halides is 3. The van der Waals surface area contributed by atoms with Gasteiger partial charge in [-0.3, -0.25) is 4.79 Å². The number of pyridine rings is 3. The van der Waals surface area contributed by atoms with Gasteiger partial charge >= 0.3 is 6.18 Å². The minimum absolute atomic E-state index is 0.0319. The summed E-state index contributed by atoms with van der Waals surface area (Å²) in [4.78, 5) is 22.1. The van der Waals surface area contributed by atoms with E-state index in [9.17, 15) is 23.2 Å². The summed E-state index contributed by atoms with van der Waals surface area (Å²) in [6.45, 7) is 2.62. The van der Waals surface area contributed by atoms with E-state index in [1.165, 1.54) is 17.0 Å². The van der Waals surface area contributed by atoms with E-state index in [-0.39, 0.29) is 40.2 Å². The summed E-state index contributed by atoms with van der Waals surface area (Å²) in [7, 11) is 1.57. The van der Waals surface area contributed by atoms with Crippen LogP contribution in [0.15, 0.2) is 53.8 Å². The molecule has 222 valence electrons. The lowest BCUT2D eigenvalue weighted by Crippen LogP contribution is -2.39. The first-order valence-corrected chi connectivity index (χ1v) is 13.8. The van der Waals surface area contributed by atoms with Crippen LogP contribution in [-0.2, 0) is 18.0 Å². The molecule has 0 bridgehead atoms. The van der Waals surface area contributed by atoms with Crippen molar-refractivity contribution in [2.45, 2.75) is 50.9 Å². The number of fused-ring (bicyclic) bond motifs is 2. The van der Waals surface area contributed by atoms with Gasteiger partial charge in [-0.2, -0.15) is 28.5 Å². The maximum Gasteiger partial charge on any atom is 0.417 e. The van der Waals surface area contributed by atoms with Gasteiger partial charge in [-0.25, -0.2) is 9.50 Å². The molecular weight excluding hydrogens is 565 g/mol. The van der Waals surface area contributed by atoms with Gasteiger partial charge < -0.3 is 23.9 Å². The third-order valence-corrected chi connectivity index (χ3v) is 7.52. The average molecular weight is 593 g/mol. The Bertz CT molecular complexity index is 1910. The monoisotopic (exact) mass is 592 g/mol. The molecule has 1 aliphatic carbocycles. The quantitative estimate of drug-likeness (QED) is 0.216. The molecule has 0 aliphatic heterocycles. The third kappa shape index (κ3) is 5.27. The topological polar surface area (TPSA) is 124 Å². The first kappa shape index (κ1) is 28.2. The number of anilines is 2. The van der Waals surface area contributed by atoms with Crippen molar-refractivity contribution in [3.05, 3.63) is 70.5 Å². The molecule has 1 aliphatic rings. The third-order valence-electron chi connectivity index (χ3n) is 7.52. The highest BCUT2D eigenvalue weighted by atomic mass is 19.4. The van der Waals surface area contributed by atoms with Crippen molar-refractivity contribution < 1.29 is 22.6 Å². The van der Waals surface area contributed by atoms with E-state index in [1.54, 1.807) is 23.8 Å². The Morgan fingerprint density at radius 3 is 2.77 bits per heavy atom. The molecule has 0 atom stereocenters. The van der Waals surface area contributed by atoms with E-state index >= 15 is 0 Å². The van der Waals surface area contributed by atoms with Gasteiger partial charge in [-0.05, 0) is 37.5 Å². The van der Waals surface area contributed by atoms with Crippen LogP contribution in [0.4, 0.5) is 24.8 Å². The zero-order valence-electron chi connectivity index (χ0n) is 23.3. The number of nitriles is 1. The summed E-state index contributed by atoms with van der Waals surface area (Å²) in [5.74, 6) is 0.576. The molecule has 0 unspecified atom stereocenters. The van der Waals surface area contributed by atoms with Crippen molar-refractivity contribution in [1.82, 2.24) is 28.7 Å².